The molecular weight excluding hydrogens is 350 g/mol. The van der Waals surface area contributed by atoms with E-state index in [9.17, 15) is 9.59 Å². The molecule has 0 saturated heterocycles. The van der Waals surface area contributed by atoms with Crippen LogP contribution in [0, 0.1) is 0 Å². The lowest BCUT2D eigenvalue weighted by Gasteiger charge is -2.12. The van der Waals surface area contributed by atoms with Gasteiger partial charge in [0.1, 0.15) is 11.4 Å². The first-order valence-electron chi connectivity index (χ1n) is 8.98. The van der Waals surface area contributed by atoms with Crippen LogP contribution in [-0.2, 0) is 0 Å². The third-order valence-electron chi connectivity index (χ3n) is 4.51. The van der Waals surface area contributed by atoms with Gasteiger partial charge in [0.15, 0.2) is 0 Å². The summed E-state index contributed by atoms with van der Waals surface area (Å²) in [5.74, 6) is -0.411. The second kappa shape index (κ2) is 8.05. The van der Waals surface area contributed by atoms with E-state index in [0.29, 0.717) is 11.1 Å². The molecular formula is C23H23N3O2. The molecule has 0 aliphatic carbocycles. The third-order valence-corrected chi connectivity index (χ3v) is 4.51. The fourth-order valence-corrected chi connectivity index (χ4v) is 2.81. The standard InChI is InChI=1S/C23H23N3O2/c1-25(2)18-12-8-16(9-13-18)22(27)20-6-5-7-21(24-20)23(28)17-10-14-19(15-11-17)26(3)4/h5-15H,1-4H3. The molecule has 1 aromatic heterocycles. The lowest BCUT2D eigenvalue weighted by Crippen LogP contribution is -2.12. The van der Waals surface area contributed by atoms with Crippen molar-refractivity contribution in [3.63, 3.8) is 0 Å². The smallest absolute Gasteiger partial charge is 0.211 e. The average molecular weight is 373 g/mol. The lowest BCUT2D eigenvalue weighted by atomic mass is 10.0. The zero-order chi connectivity index (χ0) is 20.3. The van der Waals surface area contributed by atoms with Gasteiger partial charge in [-0.25, -0.2) is 4.98 Å². The van der Waals surface area contributed by atoms with Gasteiger partial charge >= 0.3 is 0 Å². The van der Waals surface area contributed by atoms with E-state index < -0.39 is 0 Å². The van der Waals surface area contributed by atoms with Crippen LogP contribution >= 0.6 is 0 Å². The van der Waals surface area contributed by atoms with Crippen LogP contribution in [0.2, 0.25) is 0 Å². The van der Waals surface area contributed by atoms with Crippen molar-refractivity contribution < 1.29 is 9.59 Å². The molecule has 0 spiro atoms. The van der Waals surface area contributed by atoms with Gasteiger partial charge in [-0.3, -0.25) is 9.59 Å². The lowest BCUT2D eigenvalue weighted by molar-refractivity contribution is 0.103. The summed E-state index contributed by atoms with van der Waals surface area (Å²) in [6.45, 7) is 0. The summed E-state index contributed by atoms with van der Waals surface area (Å²) in [4.78, 5) is 33.8. The van der Waals surface area contributed by atoms with Gasteiger partial charge in [0.05, 0.1) is 0 Å². The molecule has 0 atom stereocenters. The first kappa shape index (κ1) is 19.3. The minimum atomic E-state index is -0.206. The van der Waals surface area contributed by atoms with Crippen LogP contribution in [0.3, 0.4) is 0 Å². The van der Waals surface area contributed by atoms with Crippen molar-refractivity contribution in [1.82, 2.24) is 4.98 Å². The molecule has 0 aliphatic rings. The fourth-order valence-electron chi connectivity index (χ4n) is 2.81. The van der Waals surface area contributed by atoms with Crippen LogP contribution in [-0.4, -0.2) is 44.7 Å². The van der Waals surface area contributed by atoms with E-state index in [0.717, 1.165) is 11.4 Å². The van der Waals surface area contributed by atoms with Gasteiger partial charge in [0.25, 0.3) is 0 Å². The Hall–Kier alpha value is -3.47. The van der Waals surface area contributed by atoms with E-state index in [1.54, 1.807) is 42.5 Å². The molecule has 142 valence electrons. The Bertz CT molecular complexity index is 912. The van der Waals surface area contributed by atoms with E-state index in [2.05, 4.69) is 4.98 Å². The molecule has 2 aromatic carbocycles. The second-order valence-corrected chi connectivity index (χ2v) is 6.95. The predicted octanol–water partition coefficient (Wildman–Crippen LogP) is 3.68. The van der Waals surface area contributed by atoms with Crippen LogP contribution in [0.25, 0.3) is 0 Å². The first-order chi connectivity index (χ1) is 13.4. The number of hydrogen-bond donors (Lipinski definition) is 0. The van der Waals surface area contributed by atoms with E-state index in [1.807, 2.05) is 62.3 Å². The zero-order valence-electron chi connectivity index (χ0n) is 16.5. The molecule has 0 saturated carbocycles. The van der Waals surface area contributed by atoms with Crippen LogP contribution < -0.4 is 9.80 Å². The monoisotopic (exact) mass is 373 g/mol. The predicted molar refractivity (Wildman–Crippen MR) is 113 cm³/mol. The molecule has 1 heterocycles. The van der Waals surface area contributed by atoms with Crippen molar-refractivity contribution in [2.75, 3.05) is 38.0 Å². The Morgan fingerprint density at radius 1 is 0.607 bits per heavy atom. The summed E-state index contributed by atoms with van der Waals surface area (Å²) in [5, 5.41) is 0. The fraction of sp³-hybridized carbons (Fsp3) is 0.174. The number of rotatable bonds is 6. The van der Waals surface area contributed by atoms with Gasteiger partial charge in [-0.2, -0.15) is 0 Å². The number of aromatic nitrogens is 1. The first-order valence-corrected chi connectivity index (χ1v) is 8.98. The molecule has 28 heavy (non-hydrogen) atoms. The van der Waals surface area contributed by atoms with Crippen LogP contribution in [0.1, 0.15) is 32.1 Å². The molecule has 0 radical (unpaired) electrons. The van der Waals surface area contributed by atoms with E-state index >= 15 is 0 Å². The van der Waals surface area contributed by atoms with Crippen molar-refractivity contribution in [1.29, 1.82) is 0 Å². The summed E-state index contributed by atoms with van der Waals surface area (Å²) in [5.41, 5.74) is 3.61. The number of carbonyl (C=O) groups excluding carboxylic acids is 2. The molecule has 0 bridgehead atoms. The molecule has 0 N–H and O–H groups in total. The normalized spacial score (nSPS) is 10.4. The Labute approximate surface area is 165 Å². The summed E-state index contributed by atoms with van der Waals surface area (Å²) in [7, 11) is 7.77. The van der Waals surface area contributed by atoms with Crippen molar-refractivity contribution in [3.8, 4) is 0 Å². The van der Waals surface area contributed by atoms with Crippen molar-refractivity contribution in [2.45, 2.75) is 0 Å². The number of hydrogen-bond acceptors (Lipinski definition) is 5. The molecule has 0 aliphatic heterocycles. The molecule has 0 amide bonds. The number of benzene rings is 2. The summed E-state index contributed by atoms with van der Waals surface area (Å²) >= 11 is 0. The highest BCUT2D eigenvalue weighted by molar-refractivity contribution is 6.11. The number of anilines is 2. The zero-order valence-corrected chi connectivity index (χ0v) is 16.5. The number of nitrogens with zero attached hydrogens (tertiary/aromatic N) is 3. The maximum atomic E-state index is 12.8. The number of carbonyl (C=O) groups is 2. The Balaban J connectivity index is 1.85. The highest BCUT2D eigenvalue weighted by Crippen LogP contribution is 2.17. The van der Waals surface area contributed by atoms with Crippen LogP contribution in [0.5, 0.6) is 0 Å². The largest absolute Gasteiger partial charge is 0.378 e. The highest BCUT2D eigenvalue weighted by Gasteiger charge is 2.16. The Kier molecular flexibility index (Phi) is 5.54. The van der Waals surface area contributed by atoms with Crippen molar-refractivity contribution >= 4 is 22.9 Å². The van der Waals surface area contributed by atoms with Crippen molar-refractivity contribution in [2.24, 2.45) is 0 Å². The third kappa shape index (κ3) is 4.09. The molecule has 3 rings (SSSR count). The molecule has 5 nitrogen and oxygen atoms in total. The summed E-state index contributed by atoms with van der Waals surface area (Å²) in [6.07, 6.45) is 0. The minimum absolute atomic E-state index is 0.206. The average Bonchev–Trinajstić information content (AvgIpc) is 2.73. The molecule has 5 heteroatoms. The van der Waals surface area contributed by atoms with E-state index in [-0.39, 0.29) is 23.0 Å². The molecule has 0 fully saturated rings. The molecule has 0 unspecified atom stereocenters. The van der Waals surface area contributed by atoms with Gasteiger partial charge in [-0.1, -0.05) is 6.07 Å². The second-order valence-electron chi connectivity index (χ2n) is 6.95. The Morgan fingerprint density at radius 2 is 0.964 bits per heavy atom. The van der Waals surface area contributed by atoms with Gasteiger partial charge in [-0.05, 0) is 60.7 Å². The number of ketones is 2. The van der Waals surface area contributed by atoms with Gasteiger partial charge in [0.2, 0.25) is 11.6 Å². The van der Waals surface area contributed by atoms with Crippen LogP contribution in [0.4, 0.5) is 11.4 Å². The topological polar surface area (TPSA) is 53.5 Å². The van der Waals surface area contributed by atoms with E-state index in [1.165, 1.54) is 0 Å². The maximum absolute atomic E-state index is 12.8. The molecule has 3 aromatic rings. The van der Waals surface area contributed by atoms with Gasteiger partial charge in [0, 0.05) is 50.7 Å². The van der Waals surface area contributed by atoms with Gasteiger partial charge < -0.3 is 9.80 Å². The SMILES string of the molecule is CN(C)c1ccc(C(=O)c2cccc(C(=O)c3ccc(N(C)C)cc3)n2)cc1. The summed E-state index contributed by atoms with van der Waals surface area (Å²) < 4.78 is 0. The van der Waals surface area contributed by atoms with Crippen LogP contribution in [0.15, 0.2) is 66.7 Å². The summed E-state index contributed by atoms with van der Waals surface area (Å²) in [6, 6.07) is 19.6. The quantitative estimate of drug-likeness (QED) is 0.617. The maximum Gasteiger partial charge on any atom is 0.211 e. The minimum Gasteiger partial charge on any atom is -0.378 e. The van der Waals surface area contributed by atoms with E-state index in [4.69, 9.17) is 0 Å². The van der Waals surface area contributed by atoms with Gasteiger partial charge in [-0.15, -0.1) is 0 Å². The van der Waals surface area contributed by atoms with Crippen molar-refractivity contribution in [3.05, 3.63) is 89.2 Å². The highest BCUT2D eigenvalue weighted by atomic mass is 16.1. The number of pyridine rings is 1. The Morgan fingerprint density at radius 3 is 1.29 bits per heavy atom.